The molecule has 134 valence electrons. The lowest BCUT2D eigenvalue weighted by atomic mass is 10.1. The first kappa shape index (κ1) is 16.5. The summed E-state index contributed by atoms with van der Waals surface area (Å²) in [4.78, 5) is 18.5. The van der Waals surface area contributed by atoms with Crippen molar-refractivity contribution in [2.24, 2.45) is 0 Å². The van der Waals surface area contributed by atoms with Gasteiger partial charge in [-0.05, 0) is 12.5 Å². The van der Waals surface area contributed by atoms with Gasteiger partial charge in [0.1, 0.15) is 5.82 Å². The van der Waals surface area contributed by atoms with Gasteiger partial charge in [-0.3, -0.25) is 14.8 Å². The van der Waals surface area contributed by atoms with Crippen LogP contribution in [0.1, 0.15) is 30.8 Å². The summed E-state index contributed by atoms with van der Waals surface area (Å²) in [6.07, 6.45) is 4.22. The van der Waals surface area contributed by atoms with Gasteiger partial charge in [-0.15, -0.1) is 0 Å². The van der Waals surface area contributed by atoms with Crippen LogP contribution in [0.5, 0.6) is 0 Å². The molecular formula is C19H21N5O2. The minimum atomic E-state index is -0.0125. The molecule has 3 aromatic rings. The highest BCUT2D eigenvalue weighted by Crippen LogP contribution is 2.32. The van der Waals surface area contributed by atoms with Crippen molar-refractivity contribution in [3.8, 4) is 11.4 Å². The number of amides is 1. The lowest BCUT2D eigenvalue weighted by Gasteiger charge is -2.21. The molecule has 1 saturated heterocycles. The average Bonchev–Trinajstić information content (AvgIpc) is 3.36. The van der Waals surface area contributed by atoms with Crippen molar-refractivity contribution in [1.29, 1.82) is 0 Å². The van der Waals surface area contributed by atoms with Crippen LogP contribution >= 0.6 is 0 Å². The molecule has 1 amide bonds. The number of nitrogens with zero attached hydrogens (tertiary/aromatic N) is 3. The first-order chi connectivity index (χ1) is 12.7. The number of nitrogens with one attached hydrogen (secondary N) is 2. The number of hydrogen-bond donors (Lipinski definition) is 2. The van der Waals surface area contributed by atoms with Gasteiger partial charge in [0.2, 0.25) is 5.91 Å². The molecular weight excluding hydrogens is 330 g/mol. The molecule has 1 aliphatic heterocycles. The van der Waals surface area contributed by atoms with E-state index in [1.165, 1.54) is 0 Å². The maximum absolute atomic E-state index is 11.5. The molecule has 7 nitrogen and oxygen atoms in total. The Kier molecular flexibility index (Phi) is 4.53. The van der Waals surface area contributed by atoms with Crippen molar-refractivity contribution in [1.82, 2.24) is 25.4 Å². The van der Waals surface area contributed by atoms with Crippen LogP contribution in [-0.4, -0.2) is 38.6 Å². The number of carbonyl (C=O) groups is 1. The molecule has 0 bridgehead atoms. The molecule has 7 heteroatoms. The molecule has 0 unspecified atom stereocenters. The molecule has 2 N–H and O–H groups in total. The van der Waals surface area contributed by atoms with Crippen LogP contribution in [0.3, 0.4) is 0 Å². The Bertz CT molecular complexity index is 859. The van der Waals surface area contributed by atoms with E-state index in [-0.39, 0.29) is 18.0 Å². The summed E-state index contributed by atoms with van der Waals surface area (Å²) in [5, 5.41) is 10.5. The Hall–Kier alpha value is -2.93. The third kappa shape index (κ3) is 3.52. The van der Waals surface area contributed by atoms with Crippen LogP contribution in [0.4, 0.5) is 0 Å². The Morgan fingerprint density at radius 2 is 2.19 bits per heavy atom. The predicted molar refractivity (Wildman–Crippen MR) is 95.9 cm³/mol. The van der Waals surface area contributed by atoms with Gasteiger partial charge in [-0.2, -0.15) is 5.10 Å². The zero-order valence-corrected chi connectivity index (χ0v) is 14.6. The van der Waals surface area contributed by atoms with Crippen molar-refractivity contribution in [3.63, 3.8) is 0 Å². The second-order valence-electron chi connectivity index (χ2n) is 6.62. The summed E-state index contributed by atoms with van der Waals surface area (Å²) in [5.74, 6) is 1.49. The van der Waals surface area contributed by atoms with E-state index in [2.05, 4.69) is 20.4 Å². The Morgan fingerprint density at radius 1 is 1.35 bits per heavy atom. The molecule has 1 aromatic carbocycles. The van der Waals surface area contributed by atoms with Crippen LogP contribution in [-0.2, 0) is 11.3 Å². The first-order valence-corrected chi connectivity index (χ1v) is 8.69. The van der Waals surface area contributed by atoms with Crippen molar-refractivity contribution in [2.75, 3.05) is 6.54 Å². The maximum Gasteiger partial charge on any atom is 0.217 e. The van der Waals surface area contributed by atoms with Gasteiger partial charge >= 0.3 is 0 Å². The zero-order valence-electron chi connectivity index (χ0n) is 14.6. The number of rotatable bonds is 5. The number of likely N-dealkylation sites (tertiary alicyclic amines) is 1. The summed E-state index contributed by atoms with van der Waals surface area (Å²) in [5.41, 5.74) is 2.08. The van der Waals surface area contributed by atoms with Gasteiger partial charge in [0.25, 0.3) is 0 Å². The van der Waals surface area contributed by atoms with Crippen LogP contribution < -0.4 is 5.32 Å². The normalized spacial score (nSPS) is 20.3. The number of H-pyrrole nitrogens is 1. The highest BCUT2D eigenvalue weighted by molar-refractivity contribution is 5.73. The van der Waals surface area contributed by atoms with Crippen molar-refractivity contribution in [2.45, 2.75) is 32.0 Å². The summed E-state index contributed by atoms with van der Waals surface area (Å²) in [6, 6.07) is 12.0. The van der Waals surface area contributed by atoms with Gasteiger partial charge in [-0.1, -0.05) is 30.3 Å². The second-order valence-corrected chi connectivity index (χ2v) is 6.62. The quantitative estimate of drug-likeness (QED) is 0.737. The lowest BCUT2D eigenvalue weighted by Crippen LogP contribution is -2.35. The van der Waals surface area contributed by atoms with Gasteiger partial charge in [0.05, 0.1) is 18.6 Å². The minimum Gasteiger partial charge on any atom is -0.472 e. The molecule has 4 rings (SSSR count). The number of furan rings is 1. The van der Waals surface area contributed by atoms with E-state index in [1.54, 1.807) is 19.5 Å². The molecule has 0 spiro atoms. The van der Waals surface area contributed by atoms with Gasteiger partial charge in [0.15, 0.2) is 5.82 Å². The molecule has 3 heterocycles. The van der Waals surface area contributed by atoms with Crippen molar-refractivity contribution in [3.05, 3.63) is 60.3 Å². The topological polar surface area (TPSA) is 87.0 Å². The molecule has 2 aromatic heterocycles. The van der Waals surface area contributed by atoms with Gasteiger partial charge in [-0.25, -0.2) is 4.98 Å². The highest BCUT2D eigenvalue weighted by Gasteiger charge is 2.35. The molecule has 2 atom stereocenters. The number of aromatic nitrogens is 3. The monoisotopic (exact) mass is 351 g/mol. The lowest BCUT2D eigenvalue weighted by molar-refractivity contribution is -0.119. The minimum absolute atomic E-state index is 0.0125. The predicted octanol–water partition coefficient (Wildman–Crippen LogP) is 2.52. The largest absolute Gasteiger partial charge is 0.472 e. The summed E-state index contributed by atoms with van der Waals surface area (Å²) in [6.45, 7) is 3.05. The smallest absolute Gasteiger partial charge is 0.217 e. The maximum atomic E-state index is 11.5. The fourth-order valence-corrected chi connectivity index (χ4v) is 3.51. The van der Waals surface area contributed by atoms with Crippen molar-refractivity contribution < 1.29 is 9.21 Å². The van der Waals surface area contributed by atoms with Crippen LogP contribution in [0.15, 0.2) is 53.3 Å². The van der Waals surface area contributed by atoms with Crippen molar-refractivity contribution >= 4 is 5.91 Å². The van der Waals surface area contributed by atoms with E-state index in [0.717, 1.165) is 36.5 Å². The molecule has 0 radical (unpaired) electrons. The third-order valence-corrected chi connectivity index (χ3v) is 4.63. The van der Waals surface area contributed by atoms with Crippen LogP contribution in [0.2, 0.25) is 0 Å². The molecule has 26 heavy (non-hydrogen) atoms. The number of hydrogen-bond acceptors (Lipinski definition) is 5. The van der Waals surface area contributed by atoms with Gasteiger partial charge in [0, 0.05) is 37.2 Å². The average molecular weight is 351 g/mol. The zero-order chi connectivity index (χ0) is 17.9. The van der Waals surface area contributed by atoms with E-state index in [1.807, 2.05) is 36.4 Å². The summed E-state index contributed by atoms with van der Waals surface area (Å²) in [7, 11) is 0. The molecule has 1 aliphatic rings. The summed E-state index contributed by atoms with van der Waals surface area (Å²) >= 11 is 0. The fraction of sp³-hybridized carbons (Fsp3) is 0.316. The Balaban J connectivity index is 1.57. The number of benzene rings is 1. The molecule has 0 saturated carbocycles. The number of carbonyl (C=O) groups excluding carboxylic acids is 1. The van der Waals surface area contributed by atoms with E-state index < -0.39 is 0 Å². The van der Waals surface area contributed by atoms with E-state index in [9.17, 15) is 4.79 Å². The Morgan fingerprint density at radius 3 is 2.92 bits per heavy atom. The molecule has 0 aliphatic carbocycles. The summed E-state index contributed by atoms with van der Waals surface area (Å²) < 4.78 is 5.19. The fourth-order valence-electron chi connectivity index (χ4n) is 3.51. The van der Waals surface area contributed by atoms with Crippen LogP contribution in [0.25, 0.3) is 11.4 Å². The Labute approximate surface area is 151 Å². The highest BCUT2D eigenvalue weighted by atomic mass is 16.3. The standard InChI is InChI=1S/C19H21N5O2/c1-13(25)20-16-9-17(24(11-16)10-14-7-8-26-12-14)19-21-18(22-23-19)15-5-3-2-4-6-15/h2-8,12,16-17H,9-11H2,1H3,(H,20,25)(H,21,22,23)/t16-,17-/m0/s1. The van der Waals surface area contributed by atoms with E-state index >= 15 is 0 Å². The third-order valence-electron chi connectivity index (χ3n) is 4.63. The van der Waals surface area contributed by atoms with Gasteiger partial charge < -0.3 is 9.73 Å². The first-order valence-electron chi connectivity index (χ1n) is 8.69. The van der Waals surface area contributed by atoms with E-state index in [4.69, 9.17) is 9.40 Å². The SMILES string of the molecule is CC(=O)N[C@H]1C[C@@H](c2nc(-c3ccccc3)n[nH]2)N(Cc2ccoc2)C1. The number of aromatic amines is 1. The molecule has 1 fully saturated rings. The van der Waals surface area contributed by atoms with E-state index in [0.29, 0.717) is 5.82 Å². The van der Waals surface area contributed by atoms with Crippen LogP contribution in [0, 0.1) is 0 Å². The second kappa shape index (κ2) is 7.13.